The fourth-order valence-corrected chi connectivity index (χ4v) is 5.29. The lowest BCUT2D eigenvalue weighted by Gasteiger charge is -2.31. The Labute approximate surface area is 191 Å². The number of morpholine rings is 1. The van der Waals surface area contributed by atoms with E-state index < -0.39 is 28.5 Å². The van der Waals surface area contributed by atoms with Gasteiger partial charge in [0.1, 0.15) is 6.26 Å². The third kappa shape index (κ3) is 5.52. The van der Waals surface area contributed by atoms with E-state index in [1.807, 2.05) is 4.90 Å². The average Bonchev–Trinajstić information content (AvgIpc) is 3.36. The second kappa shape index (κ2) is 10.3. The van der Waals surface area contributed by atoms with Crippen LogP contribution in [-0.4, -0.2) is 75.8 Å². The van der Waals surface area contributed by atoms with Crippen LogP contribution in [0.1, 0.15) is 29.6 Å². The first-order chi connectivity index (χ1) is 15.9. The van der Waals surface area contributed by atoms with E-state index in [4.69, 9.17) is 9.47 Å². The summed E-state index contributed by atoms with van der Waals surface area (Å²) < 4.78 is 42.7. The maximum absolute atomic E-state index is 13.1. The SMILES string of the molecule is O=C(COC(=O)c1cc(S(=O)(=O)N2CCOCC2)ccc1N1CCCCC1)Nc1ccon1. The summed E-state index contributed by atoms with van der Waals surface area (Å²) in [4.78, 5) is 27.1. The standard InChI is InChI=1S/C21H26N4O7S/c26-20(22-19-6-11-32-23-19)15-31-21(27)17-14-16(33(28,29)25-9-12-30-13-10-25)4-5-18(17)24-7-2-1-3-8-24/h4-6,11,14H,1-3,7-10,12-13,15H2,(H,22,23,26). The van der Waals surface area contributed by atoms with Gasteiger partial charge in [0.05, 0.1) is 29.4 Å². The van der Waals surface area contributed by atoms with E-state index in [0.717, 1.165) is 32.4 Å². The number of rotatable bonds is 7. The monoisotopic (exact) mass is 478 g/mol. The van der Waals surface area contributed by atoms with Crippen molar-refractivity contribution in [2.75, 3.05) is 56.2 Å². The number of benzene rings is 1. The van der Waals surface area contributed by atoms with E-state index in [2.05, 4.69) is 15.0 Å². The quantitative estimate of drug-likeness (QED) is 0.588. The third-order valence-electron chi connectivity index (χ3n) is 5.53. The largest absolute Gasteiger partial charge is 0.452 e. The van der Waals surface area contributed by atoms with E-state index in [9.17, 15) is 18.0 Å². The van der Waals surface area contributed by atoms with Crippen molar-refractivity contribution in [2.45, 2.75) is 24.2 Å². The number of piperidine rings is 1. The Bertz CT molecular complexity index is 1080. The molecule has 2 fully saturated rings. The molecule has 33 heavy (non-hydrogen) atoms. The summed E-state index contributed by atoms with van der Waals surface area (Å²) in [5.74, 6) is -1.16. The first-order valence-corrected chi connectivity index (χ1v) is 12.2. The molecule has 12 heteroatoms. The number of nitrogens with zero attached hydrogens (tertiary/aromatic N) is 3. The molecule has 0 saturated carbocycles. The first kappa shape index (κ1) is 23.2. The average molecular weight is 479 g/mol. The third-order valence-corrected chi connectivity index (χ3v) is 7.43. The van der Waals surface area contributed by atoms with E-state index in [-0.39, 0.29) is 29.4 Å². The number of esters is 1. The second-order valence-electron chi connectivity index (χ2n) is 7.75. The van der Waals surface area contributed by atoms with Gasteiger partial charge in [-0.25, -0.2) is 13.2 Å². The summed E-state index contributed by atoms with van der Waals surface area (Å²) in [6, 6.07) is 5.95. The molecule has 4 rings (SSSR count). The molecule has 0 unspecified atom stereocenters. The molecule has 0 spiro atoms. The molecule has 2 aliphatic rings. The van der Waals surface area contributed by atoms with Crippen LogP contribution in [0.4, 0.5) is 11.5 Å². The van der Waals surface area contributed by atoms with Gasteiger partial charge in [0.25, 0.3) is 5.91 Å². The van der Waals surface area contributed by atoms with Gasteiger partial charge >= 0.3 is 5.97 Å². The van der Waals surface area contributed by atoms with Crippen LogP contribution in [0.15, 0.2) is 39.9 Å². The van der Waals surface area contributed by atoms with Crippen LogP contribution in [0.2, 0.25) is 0 Å². The zero-order valence-electron chi connectivity index (χ0n) is 18.1. The lowest BCUT2D eigenvalue weighted by Crippen LogP contribution is -2.40. The fourth-order valence-electron chi connectivity index (χ4n) is 3.85. The van der Waals surface area contributed by atoms with Crippen molar-refractivity contribution in [3.05, 3.63) is 36.1 Å². The Kier molecular flexibility index (Phi) is 7.26. The minimum absolute atomic E-state index is 0.00385. The summed E-state index contributed by atoms with van der Waals surface area (Å²) in [6.07, 6.45) is 4.35. The molecule has 0 atom stereocenters. The van der Waals surface area contributed by atoms with Gasteiger partial charge in [0.15, 0.2) is 12.4 Å². The summed E-state index contributed by atoms with van der Waals surface area (Å²) in [5, 5.41) is 6.00. The molecule has 11 nitrogen and oxygen atoms in total. The van der Waals surface area contributed by atoms with E-state index in [0.29, 0.717) is 18.9 Å². The summed E-state index contributed by atoms with van der Waals surface area (Å²) >= 11 is 0. The Morgan fingerprint density at radius 2 is 1.82 bits per heavy atom. The number of anilines is 2. The van der Waals surface area contributed by atoms with Gasteiger partial charge in [0.2, 0.25) is 10.0 Å². The van der Waals surface area contributed by atoms with E-state index >= 15 is 0 Å². The molecule has 1 amide bonds. The number of nitrogens with one attached hydrogen (secondary N) is 1. The van der Waals surface area contributed by atoms with E-state index in [1.54, 1.807) is 6.07 Å². The van der Waals surface area contributed by atoms with Crippen molar-refractivity contribution in [1.82, 2.24) is 9.46 Å². The molecule has 0 bridgehead atoms. The fraction of sp³-hybridized carbons (Fsp3) is 0.476. The topological polar surface area (TPSA) is 131 Å². The van der Waals surface area contributed by atoms with Crippen LogP contribution in [-0.2, 0) is 24.3 Å². The maximum atomic E-state index is 13.1. The van der Waals surface area contributed by atoms with Crippen LogP contribution < -0.4 is 10.2 Å². The van der Waals surface area contributed by atoms with Gasteiger partial charge in [-0.1, -0.05) is 5.16 Å². The lowest BCUT2D eigenvalue weighted by molar-refractivity contribution is -0.119. The Morgan fingerprint density at radius 1 is 1.06 bits per heavy atom. The molecule has 178 valence electrons. The molecule has 1 aromatic heterocycles. The van der Waals surface area contributed by atoms with Crippen molar-refractivity contribution in [3.8, 4) is 0 Å². The van der Waals surface area contributed by atoms with Gasteiger partial charge in [-0.3, -0.25) is 4.79 Å². The Morgan fingerprint density at radius 3 is 2.52 bits per heavy atom. The zero-order valence-corrected chi connectivity index (χ0v) is 18.9. The minimum atomic E-state index is -3.80. The van der Waals surface area contributed by atoms with Gasteiger partial charge < -0.3 is 24.2 Å². The second-order valence-corrected chi connectivity index (χ2v) is 9.69. The highest BCUT2D eigenvalue weighted by atomic mass is 32.2. The van der Waals surface area contributed by atoms with Crippen molar-refractivity contribution in [1.29, 1.82) is 0 Å². The van der Waals surface area contributed by atoms with Gasteiger partial charge in [-0.05, 0) is 37.5 Å². The molecule has 2 aromatic rings. The molecule has 2 saturated heterocycles. The number of ether oxygens (including phenoxy) is 2. The number of sulfonamides is 1. The Hall–Kier alpha value is -2.96. The van der Waals surface area contributed by atoms with Gasteiger partial charge in [0, 0.05) is 32.2 Å². The summed E-state index contributed by atoms with van der Waals surface area (Å²) in [6.45, 7) is 2.09. The number of carbonyl (C=O) groups is 2. The Balaban J connectivity index is 1.56. The number of hydrogen-bond acceptors (Lipinski definition) is 9. The van der Waals surface area contributed by atoms with Crippen LogP contribution in [0, 0.1) is 0 Å². The minimum Gasteiger partial charge on any atom is -0.452 e. The van der Waals surface area contributed by atoms with E-state index in [1.165, 1.54) is 28.8 Å². The van der Waals surface area contributed by atoms with Crippen molar-refractivity contribution in [2.24, 2.45) is 0 Å². The molecule has 3 heterocycles. The smallest absolute Gasteiger partial charge is 0.340 e. The maximum Gasteiger partial charge on any atom is 0.340 e. The lowest BCUT2D eigenvalue weighted by atomic mass is 10.1. The van der Waals surface area contributed by atoms with Crippen LogP contribution in [0.5, 0.6) is 0 Å². The molecule has 0 radical (unpaired) electrons. The first-order valence-electron chi connectivity index (χ1n) is 10.8. The molecule has 0 aliphatic carbocycles. The van der Waals surface area contributed by atoms with Crippen molar-refractivity contribution >= 4 is 33.4 Å². The molecule has 1 N–H and O–H groups in total. The van der Waals surface area contributed by atoms with Crippen molar-refractivity contribution < 1.29 is 32.0 Å². The molecule has 2 aliphatic heterocycles. The highest BCUT2D eigenvalue weighted by Gasteiger charge is 2.29. The van der Waals surface area contributed by atoms with Crippen LogP contribution in [0.25, 0.3) is 0 Å². The van der Waals surface area contributed by atoms with Crippen molar-refractivity contribution in [3.63, 3.8) is 0 Å². The predicted molar refractivity (Wildman–Crippen MR) is 117 cm³/mol. The zero-order chi connectivity index (χ0) is 23.3. The van der Waals surface area contributed by atoms with Crippen LogP contribution in [0.3, 0.4) is 0 Å². The highest BCUT2D eigenvalue weighted by molar-refractivity contribution is 7.89. The van der Waals surface area contributed by atoms with Gasteiger partial charge in [-0.15, -0.1) is 0 Å². The molecule has 1 aromatic carbocycles. The number of aromatic nitrogens is 1. The molecular formula is C21H26N4O7S. The van der Waals surface area contributed by atoms with Gasteiger partial charge in [-0.2, -0.15) is 4.31 Å². The molecular weight excluding hydrogens is 452 g/mol. The summed E-state index contributed by atoms with van der Waals surface area (Å²) in [7, 11) is -3.80. The number of carbonyl (C=O) groups excluding carboxylic acids is 2. The highest BCUT2D eigenvalue weighted by Crippen LogP contribution is 2.29. The van der Waals surface area contributed by atoms with Crippen LogP contribution >= 0.6 is 0 Å². The normalized spacial score (nSPS) is 17.5. The number of amides is 1. The number of hydrogen-bond donors (Lipinski definition) is 1. The summed E-state index contributed by atoms with van der Waals surface area (Å²) in [5.41, 5.74) is 0.706. The predicted octanol–water partition coefficient (Wildman–Crippen LogP) is 1.48.